The molecule has 0 radical (unpaired) electrons. The molecule has 0 spiro atoms. The second-order valence-corrected chi connectivity index (χ2v) is 8.23. The second-order valence-electron chi connectivity index (χ2n) is 7.42. The van der Waals surface area contributed by atoms with E-state index in [1.54, 1.807) is 0 Å². The number of halogens is 2. The minimum absolute atomic E-state index is 0.199. The summed E-state index contributed by atoms with van der Waals surface area (Å²) in [6, 6.07) is 5.54. The zero-order valence-electron chi connectivity index (χ0n) is 14.3. The zero-order chi connectivity index (χ0) is 17.4. The van der Waals surface area contributed by atoms with Gasteiger partial charge in [0.05, 0.1) is 10.0 Å². The predicted octanol–water partition coefficient (Wildman–Crippen LogP) is 5.93. The Morgan fingerprint density at radius 1 is 1.20 bits per heavy atom. The summed E-state index contributed by atoms with van der Waals surface area (Å²) in [6.45, 7) is 4.43. The Hall–Kier alpha value is -1.29. The summed E-state index contributed by atoms with van der Waals surface area (Å²) in [5.41, 5.74) is 2.75. The van der Waals surface area contributed by atoms with Gasteiger partial charge in [-0.2, -0.15) is 0 Å². The molecule has 5 heteroatoms. The molecule has 1 saturated carbocycles. The van der Waals surface area contributed by atoms with Gasteiger partial charge in [-0.3, -0.25) is 0 Å². The molecule has 132 valence electrons. The lowest BCUT2D eigenvalue weighted by Crippen LogP contribution is -2.33. The Kier molecular flexibility index (Phi) is 4.65. The van der Waals surface area contributed by atoms with E-state index in [0.29, 0.717) is 16.0 Å². The van der Waals surface area contributed by atoms with Crippen LogP contribution >= 0.6 is 23.2 Å². The van der Waals surface area contributed by atoms with Crippen LogP contribution in [0.4, 0.5) is 0 Å². The van der Waals surface area contributed by atoms with Crippen LogP contribution in [0.5, 0.6) is 0 Å². The van der Waals surface area contributed by atoms with Crippen molar-refractivity contribution in [3.63, 3.8) is 0 Å². The first-order chi connectivity index (χ1) is 12.1. The number of hydrogen-bond donors (Lipinski definition) is 1. The van der Waals surface area contributed by atoms with Gasteiger partial charge in [-0.25, -0.2) is 0 Å². The Balaban J connectivity index is 1.76. The van der Waals surface area contributed by atoms with E-state index in [0.717, 1.165) is 61.4 Å². The fourth-order valence-electron chi connectivity index (χ4n) is 3.46. The molecule has 1 aromatic heterocycles. The minimum atomic E-state index is 0.199. The summed E-state index contributed by atoms with van der Waals surface area (Å²) in [6.07, 6.45) is 9.09. The lowest BCUT2D eigenvalue weighted by molar-refractivity contribution is 0.303. The molecule has 2 fully saturated rings. The maximum absolute atomic E-state index is 6.42. The first-order valence-corrected chi connectivity index (χ1v) is 9.67. The first-order valence-electron chi connectivity index (χ1n) is 8.91. The van der Waals surface area contributed by atoms with Gasteiger partial charge in [0.25, 0.3) is 0 Å². The SMILES string of the molecule is CC1(/C=C/c2c(-c3c(Cl)cccc3Cl)noc2C2CC2)CCNCC1. The van der Waals surface area contributed by atoms with Crippen molar-refractivity contribution < 1.29 is 4.52 Å². The third kappa shape index (κ3) is 3.51. The largest absolute Gasteiger partial charge is 0.360 e. The van der Waals surface area contributed by atoms with Crippen molar-refractivity contribution in [2.24, 2.45) is 5.41 Å². The lowest BCUT2D eigenvalue weighted by Gasteiger charge is -2.31. The topological polar surface area (TPSA) is 38.1 Å². The third-order valence-corrected chi connectivity index (χ3v) is 5.93. The van der Waals surface area contributed by atoms with Crippen LogP contribution in [0.2, 0.25) is 10.0 Å². The van der Waals surface area contributed by atoms with Crippen molar-refractivity contribution in [3.8, 4) is 11.3 Å². The first kappa shape index (κ1) is 17.1. The van der Waals surface area contributed by atoms with Gasteiger partial charge >= 0.3 is 0 Å². The van der Waals surface area contributed by atoms with Crippen LogP contribution in [0.3, 0.4) is 0 Å². The van der Waals surface area contributed by atoms with Crippen LogP contribution < -0.4 is 5.32 Å². The van der Waals surface area contributed by atoms with E-state index in [9.17, 15) is 0 Å². The highest BCUT2D eigenvalue weighted by molar-refractivity contribution is 6.39. The van der Waals surface area contributed by atoms with E-state index >= 15 is 0 Å². The highest BCUT2D eigenvalue weighted by Gasteiger charge is 2.33. The molecule has 1 saturated heterocycles. The molecule has 0 atom stereocenters. The average Bonchev–Trinajstić information content (AvgIpc) is 3.35. The molecule has 2 aliphatic rings. The number of nitrogens with zero attached hydrogens (tertiary/aromatic N) is 1. The third-order valence-electron chi connectivity index (χ3n) is 5.30. The Labute approximate surface area is 158 Å². The molecule has 0 bridgehead atoms. The lowest BCUT2D eigenvalue weighted by atomic mass is 9.80. The number of allylic oxidation sites excluding steroid dienone is 1. The van der Waals surface area contributed by atoms with E-state index in [4.69, 9.17) is 27.7 Å². The second kappa shape index (κ2) is 6.79. The van der Waals surface area contributed by atoms with Gasteiger partial charge in [-0.1, -0.05) is 53.5 Å². The van der Waals surface area contributed by atoms with Gasteiger partial charge in [0.2, 0.25) is 0 Å². The normalized spacial score (nSPS) is 20.3. The molecule has 4 rings (SSSR count). The highest BCUT2D eigenvalue weighted by Crippen LogP contribution is 2.46. The van der Waals surface area contributed by atoms with Gasteiger partial charge in [-0.15, -0.1) is 0 Å². The molecule has 1 aromatic carbocycles. The van der Waals surface area contributed by atoms with Gasteiger partial charge in [0, 0.05) is 17.0 Å². The van der Waals surface area contributed by atoms with E-state index in [-0.39, 0.29) is 5.41 Å². The average molecular weight is 377 g/mol. The molecule has 0 unspecified atom stereocenters. The Morgan fingerprint density at radius 2 is 1.88 bits per heavy atom. The molecular formula is C20H22Cl2N2O. The molecule has 2 aromatic rings. The number of hydrogen-bond acceptors (Lipinski definition) is 3. The predicted molar refractivity (Wildman–Crippen MR) is 103 cm³/mol. The molecule has 25 heavy (non-hydrogen) atoms. The summed E-state index contributed by atoms with van der Waals surface area (Å²) in [5, 5.41) is 8.98. The van der Waals surface area contributed by atoms with Gasteiger partial charge in [0.1, 0.15) is 11.5 Å². The number of piperidine rings is 1. The number of rotatable bonds is 4. The van der Waals surface area contributed by atoms with Crippen LogP contribution in [0.1, 0.15) is 49.8 Å². The van der Waals surface area contributed by atoms with Crippen molar-refractivity contribution >= 4 is 29.3 Å². The number of nitrogens with one attached hydrogen (secondary N) is 1. The van der Waals surface area contributed by atoms with Crippen LogP contribution in [0.25, 0.3) is 17.3 Å². The quantitative estimate of drug-likeness (QED) is 0.718. The highest BCUT2D eigenvalue weighted by atomic mass is 35.5. The molecule has 0 amide bonds. The van der Waals surface area contributed by atoms with E-state index in [2.05, 4.69) is 29.5 Å². The molecule has 1 aliphatic heterocycles. The van der Waals surface area contributed by atoms with Crippen LogP contribution in [-0.2, 0) is 0 Å². The Bertz CT molecular complexity index is 782. The fourth-order valence-corrected chi connectivity index (χ4v) is 4.04. The summed E-state index contributed by atoms with van der Waals surface area (Å²) >= 11 is 12.8. The van der Waals surface area contributed by atoms with E-state index in [1.165, 1.54) is 0 Å². The van der Waals surface area contributed by atoms with Crippen LogP contribution in [0.15, 0.2) is 28.8 Å². The molecule has 2 heterocycles. The smallest absolute Gasteiger partial charge is 0.147 e. The summed E-state index contributed by atoms with van der Waals surface area (Å²) in [5.74, 6) is 1.45. The summed E-state index contributed by atoms with van der Waals surface area (Å²) in [4.78, 5) is 0. The maximum Gasteiger partial charge on any atom is 0.147 e. The van der Waals surface area contributed by atoms with Crippen LogP contribution in [0, 0.1) is 5.41 Å². The number of aromatic nitrogens is 1. The monoisotopic (exact) mass is 376 g/mol. The van der Waals surface area contributed by atoms with Gasteiger partial charge in [0.15, 0.2) is 0 Å². The van der Waals surface area contributed by atoms with Crippen LogP contribution in [-0.4, -0.2) is 18.2 Å². The Morgan fingerprint density at radius 3 is 2.52 bits per heavy atom. The summed E-state index contributed by atoms with van der Waals surface area (Å²) < 4.78 is 5.73. The molecule has 3 nitrogen and oxygen atoms in total. The fraction of sp³-hybridized carbons (Fsp3) is 0.450. The van der Waals surface area contributed by atoms with Crippen molar-refractivity contribution in [3.05, 3.63) is 45.6 Å². The molecule has 1 aliphatic carbocycles. The minimum Gasteiger partial charge on any atom is -0.360 e. The van der Waals surface area contributed by atoms with Crippen molar-refractivity contribution in [2.45, 2.75) is 38.5 Å². The summed E-state index contributed by atoms with van der Waals surface area (Å²) in [7, 11) is 0. The zero-order valence-corrected chi connectivity index (χ0v) is 15.8. The van der Waals surface area contributed by atoms with E-state index in [1.807, 2.05) is 18.2 Å². The van der Waals surface area contributed by atoms with Gasteiger partial charge < -0.3 is 9.84 Å². The molecular weight excluding hydrogens is 355 g/mol. The van der Waals surface area contributed by atoms with Crippen molar-refractivity contribution in [2.75, 3.05) is 13.1 Å². The van der Waals surface area contributed by atoms with Crippen molar-refractivity contribution in [1.82, 2.24) is 10.5 Å². The van der Waals surface area contributed by atoms with Crippen molar-refractivity contribution in [1.29, 1.82) is 0 Å². The van der Waals surface area contributed by atoms with Gasteiger partial charge in [-0.05, 0) is 56.3 Å². The van der Waals surface area contributed by atoms with E-state index < -0.39 is 0 Å². The standard InChI is InChI=1S/C20H22Cl2N2O/c1-20(9-11-23-12-10-20)8-7-14-18(24-25-19(14)13-5-6-13)17-15(21)3-2-4-16(17)22/h2-4,7-8,13,23H,5-6,9-12H2,1H3/b8-7+. The molecule has 1 N–H and O–H groups in total. The maximum atomic E-state index is 6.42. The number of benzene rings is 1.